The summed E-state index contributed by atoms with van der Waals surface area (Å²) in [6.45, 7) is 3.10. The van der Waals surface area contributed by atoms with Gasteiger partial charge in [-0.15, -0.1) is 24.0 Å². The van der Waals surface area contributed by atoms with E-state index in [-0.39, 0.29) is 36.4 Å². The van der Waals surface area contributed by atoms with Gasteiger partial charge in [0.2, 0.25) is 5.91 Å². The normalized spacial score (nSPS) is 10.6. The predicted molar refractivity (Wildman–Crippen MR) is 108 cm³/mol. The molecule has 0 aromatic heterocycles. The number of guanidine groups is 1. The van der Waals surface area contributed by atoms with Crippen LogP contribution in [-0.2, 0) is 11.2 Å². The van der Waals surface area contributed by atoms with Crippen molar-refractivity contribution in [1.82, 2.24) is 10.6 Å². The minimum atomic E-state index is -0.0870. The van der Waals surface area contributed by atoms with Crippen LogP contribution < -0.4 is 16.0 Å². The lowest BCUT2D eigenvalue weighted by molar-refractivity contribution is -0.115. The minimum absolute atomic E-state index is 0. The van der Waals surface area contributed by atoms with Gasteiger partial charge in [-0.05, 0) is 30.4 Å². The lowest BCUT2D eigenvalue weighted by atomic mass is 10.1. The van der Waals surface area contributed by atoms with Crippen molar-refractivity contribution in [3.8, 4) is 0 Å². The summed E-state index contributed by atoms with van der Waals surface area (Å²) in [5.74, 6) is 1.55. The van der Waals surface area contributed by atoms with Gasteiger partial charge in [0.05, 0.1) is 6.54 Å². The molecular weight excluding hydrogens is 411 g/mol. The van der Waals surface area contributed by atoms with Crippen molar-refractivity contribution >= 4 is 53.3 Å². The van der Waals surface area contributed by atoms with Gasteiger partial charge in [0.25, 0.3) is 0 Å². The Morgan fingerprint density at radius 3 is 2.73 bits per heavy atom. The molecule has 1 aromatic carbocycles. The first-order chi connectivity index (χ1) is 10.2. The number of carbonyl (C=O) groups is 1. The number of halogens is 1. The molecule has 7 heteroatoms. The molecule has 0 fully saturated rings. The Morgan fingerprint density at radius 1 is 1.32 bits per heavy atom. The highest BCUT2D eigenvalue weighted by molar-refractivity contribution is 14.0. The molecule has 0 bridgehead atoms. The summed E-state index contributed by atoms with van der Waals surface area (Å²) in [6.07, 6.45) is 3.00. The molecule has 0 aliphatic rings. The minimum Gasteiger partial charge on any atom is -0.356 e. The smallest absolute Gasteiger partial charge is 0.243 e. The molecular formula is C15H25IN4OS. The number of aryl methyl sites for hydroxylation is 1. The largest absolute Gasteiger partial charge is 0.356 e. The fraction of sp³-hybridized carbons (Fsp3) is 0.467. The molecule has 0 unspecified atom stereocenters. The highest BCUT2D eigenvalue weighted by atomic mass is 127. The molecule has 124 valence electrons. The average Bonchev–Trinajstić information content (AvgIpc) is 2.51. The van der Waals surface area contributed by atoms with Crippen LogP contribution >= 0.6 is 35.7 Å². The standard InChI is InChI=1S/C15H24N4OS.HI/c1-4-12-6-5-7-13(10-12)19-14(20)11-18-15(16-2)17-8-9-21-3;/h5-7,10H,4,8-9,11H2,1-3H3,(H,19,20)(H2,16,17,18);1H. The van der Waals surface area contributed by atoms with E-state index in [0.29, 0.717) is 5.96 Å². The van der Waals surface area contributed by atoms with E-state index in [2.05, 4.69) is 34.1 Å². The summed E-state index contributed by atoms with van der Waals surface area (Å²) >= 11 is 1.76. The summed E-state index contributed by atoms with van der Waals surface area (Å²) in [5.41, 5.74) is 2.03. The third kappa shape index (κ3) is 8.47. The third-order valence-electron chi connectivity index (χ3n) is 2.86. The first-order valence-corrected chi connectivity index (χ1v) is 8.41. The Kier molecular flexibility index (Phi) is 12.0. The zero-order valence-corrected chi connectivity index (χ0v) is 16.5. The number of hydrogen-bond acceptors (Lipinski definition) is 3. The Morgan fingerprint density at radius 2 is 2.09 bits per heavy atom. The van der Waals surface area contributed by atoms with Gasteiger partial charge in [-0.3, -0.25) is 9.79 Å². The topological polar surface area (TPSA) is 65.5 Å². The maximum atomic E-state index is 11.9. The second-order valence-electron chi connectivity index (χ2n) is 4.45. The van der Waals surface area contributed by atoms with Crippen LogP contribution in [0.5, 0.6) is 0 Å². The van der Waals surface area contributed by atoms with Crippen molar-refractivity contribution in [2.45, 2.75) is 13.3 Å². The van der Waals surface area contributed by atoms with Gasteiger partial charge in [0.1, 0.15) is 0 Å². The van der Waals surface area contributed by atoms with Crippen LogP contribution in [0.15, 0.2) is 29.3 Å². The summed E-state index contributed by atoms with van der Waals surface area (Å²) in [5, 5.41) is 9.02. The maximum Gasteiger partial charge on any atom is 0.243 e. The van der Waals surface area contributed by atoms with Crippen molar-refractivity contribution in [2.75, 3.05) is 37.5 Å². The second-order valence-corrected chi connectivity index (χ2v) is 5.43. The van der Waals surface area contributed by atoms with Crippen LogP contribution in [0.2, 0.25) is 0 Å². The first kappa shape index (κ1) is 21.0. The quantitative estimate of drug-likeness (QED) is 0.266. The van der Waals surface area contributed by atoms with E-state index in [1.54, 1.807) is 18.8 Å². The fourth-order valence-corrected chi connectivity index (χ4v) is 2.04. The van der Waals surface area contributed by atoms with E-state index in [9.17, 15) is 4.79 Å². The molecule has 1 rings (SSSR count). The van der Waals surface area contributed by atoms with Crippen LogP contribution in [0.1, 0.15) is 12.5 Å². The number of thioether (sulfide) groups is 1. The molecule has 0 spiro atoms. The van der Waals surface area contributed by atoms with E-state index in [1.165, 1.54) is 5.56 Å². The van der Waals surface area contributed by atoms with E-state index in [0.717, 1.165) is 24.4 Å². The van der Waals surface area contributed by atoms with Gasteiger partial charge in [0, 0.05) is 25.0 Å². The summed E-state index contributed by atoms with van der Waals surface area (Å²) in [7, 11) is 1.69. The van der Waals surface area contributed by atoms with Crippen molar-refractivity contribution in [3.05, 3.63) is 29.8 Å². The maximum absolute atomic E-state index is 11.9. The molecule has 0 aliphatic heterocycles. The molecule has 1 aromatic rings. The number of aliphatic imine (C=N–C) groups is 1. The summed E-state index contributed by atoms with van der Waals surface area (Å²) in [6, 6.07) is 7.88. The summed E-state index contributed by atoms with van der Waals surface area (Å²) in [4.78, 5) is 16.0. The fourth-order valence-electron chi connectivity index (χ4n) is 1.73. The molecule has 0 saturated carbocycles. The first-order valence-electron chi connectivity index (χ1n) is 7.01. The van der Waals surface area contributed by atoms with Crippen molar-refractivity contribution in [1.29, 1.82) is 0 Å². The molecule has 3 N–H and O–H groups in total. The molecule has 0 radical (unpaired) electrons. The van der Waals surface area contributed by atoms with E-state index >= 15 is 0 Å². The van der Waals surface area contributed by atoms with Crippen LogP contribution in [0.25, 0.3) is 0 Å². The van der Waals surface area contributed by atoms with Gasteiger partial charge >= 0.3 is 0 Å². The zero-order chi connectivity index (χ0) is 15.5. The SMILES string of the molecule is CCc1cccc(NC(=O)CNC(=NC)NCCSC)c1.I. The van der Waals surface area contributed by atoms with E-state index in [1.807, 2.05) is 24.3 Å². The Bertz CT molecular complexity index is 482. The molecule has 0 aliphatic carbocycles. The lowest BCUT2D eigenvalue weighted by Crippen LogP contribution is -2.42. The number of nitrogens with one attached hydrogen (secondary N) is 3. The Labute approximate surface area is 154 Å². The molecule has 0 saturated heterocycles. The number of carbonyl (C=O) groups excluding carboxylic acids is 1. The molecule has 1 amide bonds. The van der Waals surface area contributed by atoms with Crippen LogP contribution in [0, 0.1) is 0 Å². The molecule has 0 atom stereocenters. The lowest BCUT2D eigenvalue weighted by Gasteiger charge is -2.12. The van der Waals surface area contributed by atoms with Gasteiger partial charge in [0.15, 0.2) is 5.96 Å². The molecule has 22 heavy (non-hydrogen) atoms. The highest BCUT2D eigenvalue weighted by Gasteiger charge is 2.04. The third-order valence-corrected chi connectivity index (χ3v) is 3.47. The number of anilines is 1. The number of rotatable bonds is 7. The Hall–Kier alpha value is -0.960. The average molecular weight is 436 g/mol. The number of amides is 1. The predicted octanol–water partition coefficient (Wildman–Crippen LogP) is 2.33. The second kappa shape index (κ2) is 12.6. The van der Waals surface area contributed by atoms with E-state index in [4.69, 9.17) is 0 Å². The van der Waals surface area contributed by atoms with Crippen molar-refractivity contribution in [2.24, 2.45) is 4.99 Å². The monoisotopic (exact) mass is 436 g/mol. The van der Waals surface area contributed by atoms with Crippen LogP contribution in [0.3, 0.4) is 0 Å². The molecule has 0 heterocycles. The zero-order valence-electron chi connectivity index (χ0n) is 13.3. The van der Waals surface area contributed by atoms with Gasteiger partial charge in [-0.25, -0.2) is 0 Å². The summed E-state index contributed by atoms with van der Waals surface area (Å²) < 4.78 is 0. The van der Waals surface area contributed by atoms with Crippen LogP contribution in [-0.4, -0.2) is 44.0 Å². The van der Waals surface area contributed by atoms with Crippen LogP contribution in [0.4, 0.5) is 5.69 Å². The van der Waals surface area contributed by atoms with Gasteiger partial charge in [-0.2, -0.15) is 11.8 Å². The molecule has 5 nitrogen and oxygen atoms in total. The van der Waals surface area contributed by atoms with E-state index < -0.39 is 0 Å². The number of nitrogens with zero attached hydrogens (tertiary/aromatic N) is 1. The van der Waals surface area contributed by atoms with Crippen molar-refractivity contribution in [3.63, 3.8) is 0 Å². The van der Waals surface area contributed by atoms with Gasteiger partial charge in [-0.1, -0.05) is 19.1 Å². The van der Waals surface area contributed by atoms with Gasteiger partial charge < -0.3 is 16.0 Å². The van der Waals surface area contributed by atoms with Crippen molar-refractivity contribution < 1.29 is 4.79 Å². The Balaban J connectivity index is 0.00000441. The highest BCUT2D eigenvalue weighted by Crippen LogP contribution is 2.10. The number of benzene rings is 1. The number of hydrogen-bond donors (Lipinski definition) is 3.